The van der Waals surface area contributed by atoms with Crippen LogP contribution in [0.25, 0.3) is 0 Å². The Morgan fingerprint density at radius 3 is 2.39 bits per heavy atom. The monoisotopic (exact) mass is 547 g/mol. The summed E-state index contributed by atoms with van der Waals surface area (Å²) in [5, 5.41) is 18.4. The Hall–Kier alpha value is -3.43. The van der Waals surface area contributed by atoms with Crippen LogP contribution in [0, 0.1) is 11.3 Å². The highest BCUT2D eigenvalue weighted by Crippen LogP contribution is 2.44. The molecule has 2 unspecified atom stereocenters. The number of carboxylic acids is 1. The summed E-state index contributed by atoms with van der Waals surface area (Å²) in [6, 6.07) is 11.6. The van der Waals surface area contributed by atoms with Gasteiger partial charge in [0, 0.05) is 16.5 Å². The normalized spacial score (nSPS) is 18.1. The summed E-state index contributed by atoms with van der Waals surface area (Å²) in [4.78, 5) is 30.7. The fourth-order valence-corrected chi connectivity index (χ4v) is 5.98. The highest BCUT2D eigenvalue weighted by atomic mass is 35.5. The predicted octanol–water partition coefficient (Wildman–Crippen LogP) is 3.45. The molecule has 2 N–H and O–H groups in total. The number of carbonyl (C=O) groups excluding carboxylic acids is 1. The molecule has 0 spiro atoms. The van der Waals surface area contributed by atoms with E-state index in [1.807, 2.05) is 6.07 Å². The van der Waals surface area contributed by atoms with Gasteiger partial charge in [0.05, 0.1) is 23.5 Å². The van der Waals surface area contributed by atoms with Gasteiger partial charge in [-0.25, -0.2) is 18.3 Å². The zero-order valence-electron chi connectivity index (χ0n) is 18.9. The van der Waals surface area contributed by atoms with E-state index >= 15 is 0 Å². The average Bonchev–Trinajstić information content (AvgIpc) is 3.32. The molecule has 1 aliphatic rings. The van der Waals surface area contributed by atoms with Gasteiger partial charge >= 0.3 is 5.97 Å². The maximum Gasteiger partial charge on any atom is 0.321 e. The van der Waals surface area contributed by atoms with Gasteiger partial charge in [-0.15, -0.1) is 0 Å². The quantitative estimate of drug-likeness (QED) is 0.460. The third-order valence-corrected chi connectivity index (χ3v) is 7.72. The summed E-state index contributed by atoms with van der Waals surface area (Å²) < 4.78 is 29.8. The van der Waals surface area contributed by atoms with Crippen LogP contribution >= 0.6 is 23.2 Å². The van der Waals surface area contributed by atoms with E-state index < -0.39 is 33.5 Å². The number of nitriles is 1. The Labute approximate surface area is 216 Å². The van der Waals surface area contributed by atoms with Crippen LogP contribution in [0.1, 0.15) is 25.0 Å². The molecule has 1 aromatic heterocycles. The Morgan fingerprint density at radius 2 is 1.83 bits per heavy atom. The second kappa shape index (κ2) is 9.22. The van der Waals surface area contributed by atoms with Crippen molar-refractivity contribution in [2.24, 2.45) is 0 Å². The molecule has 0 saturated carbocycles. The van der Waals surface area contributed by atoms with Gasteiger partial charge in [-0.2, -0.15) is 9.98 Å². The molecule has 36 heavy (non-hydrogen) atoms. The first-order valence-electron chi connectivity index (χ1n) is 10.5. The first-order valence-corrected chi connectivity index (χ1v) is 12.7. The maximum absolute atomic E-state index is 13.9. The molecular weight excluding hydrogens is 529 g/mol. The summed E-state index contributed by atoms with van der Waals surface area (Å²) in [5.41, 5.74) is -0.129. The van der Waals surface area contributed by atoms with E-state index in [4.69, 9.17) is 28.5 Å². The number of amides is 1. The number of hydrogen-bond acceptors (Lipinski definition) is 6. The van der Waals surface area contributed by atoms with Crippen LogP contribution in [0.15, 0.2) is 53.7 Å². The number of nitrogens with zero attached hydrogens (tertiary/aromatic N) is 4. The summed E-state index contributed by atoms with van der Waals surface area (Å²) in [6.45, 7) is 2.74. The van der Waals surface area contributed by atoms with Gasteiger partial charge in [0.2, 0.25) is 5.95 Å². The number of hydrogen-bond donors (Lipinski definition) is 2. The van der Waals surface area contributed by atoms with Gasteiger partial charge in [0.25, 0.3) is 15.9 Å². The SMILES string of the molecule is CC(NS(=O)(=O)c1cnc2n1C(C)(Cc1ccc(C#N)cc1)C(=O)N2c1cc(Cl)cc(Cl)c1)C(=O)O. The van der Waals surface area contributed by atoms with E-state index in [0.29, 0.717) is 11.1 Å². The number of benzene rings is 2. The Morgan fingerprint density at radius 1 is 1.22 bits per heavy atom. The van der Waals surface area contributed by atoms with E-state index in [0.717, 1.165) is 6.20 Å². The van der Waals surface area contributed by atoms with Crippen LogP contribution in [0.2, 0.25) is 10.0 Å². The van der Waals surface area contributed by atoms with Crippen LogP contribution in [-0.2, 0) is 31.6 Å². The summed E-state index contributed by atoms with van der Waals surface area (Å²) >= 11 is 12.3. The largest absolute Gasteiger partial charge is 0.480 e. The molecule has 2 heterocycles. The Bertz CT molecular complexity index is 1510. The van der Waals surface area contributed by atoms with Gasteiger partial charge in [0.15, 0.2) is 5.03 Å². The van der Waals surface area contributed by atoms with E-state index in [9.17, 15) is 23.1 Å². The number of carbonyl (C=O) groups is 2. The number of rotatable bonds is 7. The zero-order valence-corrected chi connectivity index (χ0v) is 21.3. The second-order valence-corrected chi connectivity index (χ2v) is 11.0. The van der Waals surface area contributed by atoms with Crippen LogP contribution in [0.4, 0.5) is 11.6 Å². The number of aliphatic carboxylic acids is 1. The summed E-state index contributed by atoms with van der Waals surface area (Å²) in [5.74, 6) is -1.87. The number of anilines is 2. The minimum absolute atomic E-state index is 0.00201. The van der Waals surface area contributed by atoms with Crippen LogP contribution < -0.4 is 9.62 Å². The predicted molar refractivity (Wildman–Crippen MR) is 132 cm³/mol. The van der Waals surface area contributed by atoms with Gasteiger partial charge in [0.1, 0.15) is 11.6 Å². The van der Waals surface area contributed by atoms with Gasteiger partial charge in [-0.05, 0) is 49.7 Å². The van der Waals surface area contributed by atoms with E-state index in [2.05, 4.69) is 9.71 Å². The van der Waals surface area contributed by atoms with Crippen molar-refractivity contribution in [3.8, 4) is 6.07 Å². The molecule has 0 fully saturated rings. The number of fused-ring (bicyclic) bond motifs is 1. The highest BCUT2D eigenvalue weighted by molar-refractivity contribution is 7.89. The minimum Gasteiger partial charge on any atom is -0.480 e. The first kappa shape index (κ1) is 25.7. The number of aromatic nitrogens is 2. The number of nitrogens with one attached hydrogen (secondary N) is 1. The standard InChI is InChI=1S/C23H19Cl2N5O5S/c1-13(20(31)32)28-36(34,35)19-12-27-22-29(18-8-16(24)7-17(25)9-18)21(33)23(2,30(19)22)10-14-3-5-15(11-26)6-4-14/h3-9,12-13,28H,10H2,1-2H3,(H,31,32). The van der Waals surface area contributed by atoms with Gasteiger partial charge in [-0.1, -0.05) is 35.3 Å². The molecule has 10 nitrogen and oxygen atoms in total. The third kappa shape index (κ3) is 4.44. The summed E-state index contributed by atoms with van der Waals surface area (Å²) in [6.07, 6.45) is 1.11. The topological polar surface area (TPSA) is 145 Å². The molecule has 186 valence electrons. The van der Waals surface area contributed by atoms with Crippen molar-refractivity contribution in [1.82, 2.24) is 14.3 Å². The van der Waals surface area contributed by atoms with E-state index in [1.54, 1.807) is 31.2 Å². The Balaban J connectivity index is 1.90. The summed E-state index contributed by atoms with van der Waals surface area (Å²) in [7, 11) is -4.41. The first-order chi connectivity index (χ1) is 16.9. The van der Waals surface area contributed by atoms with E-state index in [1.165, 1.54) is 34.6 Å². The molecule has 0 saturated heterocycles. The van der Waals surface area contributed by atoms with Gasteiger partial charge in [-0.3, -0.25) is 14.2 Å². The maximum atomic E-state index is 13.9. The zero-order chi connectivity index (χ0) is 26.4. The van der Waals surface area contributed by atoms with Crippen LogP contribution in [0.5, 0.6) is 0 Å². The molecule has 1 amide bonds. The fourth-order valence-electron chi connectivity index (χ4n) is 4.06. The molecule has 13 heteroatoms. The van der Waals surface area contributed by atoms with Crippen molar-refractivity contribution < 1.29 is 23.1 Å². The lowest BCUT2D eigenvalue weighted by atomic mass is 9.91. The molecule has 4 rings (SSSR count). The molecule has 3 aromatic rings. The molecule has 0 aliphatic carbocycles. The molecular formula is C23H19Cl2N5O5S. The lowest BCUT2D eigenvalue weighted by molar-refractivity contribution is -0.138. The lowest BCUT2D eigenvalue weighted by Gasteiger charge is -2.27. The molecule has 0 bridgehead atoms. The number of sulfonamides is 1. The minimum atomic E-state index is -4.41. The van der Waals surface area contributed by atoms with Crippen molar-refractivity contribution in [3.05, 3.63) is 69.8 Å². The van der Waals surface area contributed by atoms with Gasteiger partial charge < -0.3 is 5.11 Å². The average molecular weight is 548 g/mol. The molecule has 1 aliphatic heterocycles. The van der Waals surface area contributed by atoms with Crippen molar-refractivity contribution >= 4 is 56.7 Å². The van der Waals surface area contributed by atoms with Crippen molar-refractivity contribution in [1.29, 1.82) is 5.26 Å². The van der Waals surface area contributed by atoms with E-state index in [-0.39, 0.29) is 33.1 Å². The lowest BCUT2D eigenvalue weighted by Crippen LogP contribution is -2.44. The number of carboxylic acid groups (broad SMARTS) is 1. The smallest absolute Gasteiger partial charge is 0.321 e. The third-order valence-electron chi connectivity index (χ3n) is 5.78. The van der Waals surface area contributed by atoms with Crippen molar-refractivity contribution in [2.75, 3.05) is 4.90 Å². The van der Waals surface area contributed by atoms with Crippen molar-refractivity contribution in [3.63, 3.8) is 0 Å². The molecule has 2 atom stereocenters. The molecule has 0 radical (unpaired) electrons. The van der Waals surface area contributed by atoms with Crippen LogP contribution in [0.3, 0.4) is 0 Å². The van der Waals surface area contributed by atoms with Crippen LogP contribution in [-0.4, -0.2) is 41.0 Å². The molecule has 2 aromatic carbocycles. The fraction of sp³-hybridized carbons (Fsp3) is 0.217. The van der Waals surface area contributed by atoms with Crippen molar-refractivity contribution in [2.45, 2.75) is 36.9 Å². The second-order valence-electron chi connectivity index (χ2n) is 8.44. The number of halogens is 2. The highest BCUT2D eigenvalue weighted by Gasteiger charge is 2.52. The Kier molecular flexibility index (Phi) is 6.57. The number of imidazole rings is 1.